The summed E-state index contributed by atoms with van der Waals surface area (Å²) >= 11 is 13.1. The number of rotatable bonds is 9. The number of thioether (sulfide) groups is 1. The van der Waals surface area contributed by atoms with Gasteiger partial charge in [-0.05, 0) is 42.8 Å². The fraction of sp³-hybridized carbons (Fsp3) is 0.375. The molecule has 1 atom stereocenters. The second-order valence-corrected chi connectivity index (χ2v) is 9.82. The molecule has 34 heavy (non-hydrogen) atoms. The number of benzene rings is 2. The van der Waals surface area contributed by atoms with Gasteiger partial charge in [0.05, 0.1) is 22.3 Å². The maximum Gasteiger partial charge on any atom is 0.238 e. The van der Waals surface area contributed by atoms with Crippen molar-refractivity contribution in [2.45, 2.75) is 44.3 Å². The monoisotopic (exact) mass is 523 g/mol. The summed E-state index contributed by atoms with van der Waals surface area (Å²) in [6.07, 6.45) is 4.59. The Hall–Kier alpha value is -2.42. The van der Waals surface area contributed by atoms with E-state index in [0.717, 1.165) is 18.6 Å². The number of hydrogen-bond acceptors (Lipinski definition) is 6. The lowest BCUT2D eigenvalue weighted by molar-refractivity contribution is -0.128. The number of phenols is 1. The van der Waals surface area contributed by atoms with Gasteiger partial charge in [-0.25, -0.2) is 4.99 Å². The van der Waals surface area contributed by atoms with Gasteiger partial charge < -0.3 is 15.2 Å². The summed E-state index contributed by atoms with van der Waals surface area (Å²) in [5.74, 6) is -0.0215. The molecule has 1 aliphatic heterocycles. The molecular weight excluding hydrogens is 497 g/mol. The Morgan fingerprint density at radius 2 is 1.88 bits per heavy atom. The Morgan fingerprint density at radius 3 is 2.53 bits per heavy atom. The van der Waals surface area contributed by atoms with Crippen molar-refractivity contribution in [2.75, 3.05) is 19.0 Å². The number of hydrogen-bond donors (Lipinski definition) is 2. The summed E-state index contributed by atoms with van der Waals surface area (Å²) in [7, 11) is 1.59. The third-order valence-electron chi connectivity index (χ3n) is 5.18. The molecule has 2 amide bonds. The van der Waals surface area contributed by atoms with E-state index in [1.807, 2.05) is 12.1 Å². The van der Waals surface area contributed by atoms with Crippen LogP contribution in [0.25, 0.3) is 0 Å². The largest absolute Gasteiger partial charge is 0.505 e. The number of unbranched alkanes of at least 4 members (excludes halogenated alkanes) is 3. The van der Waals surface area contributed by atoms with Crippen LogP contribution in [-0.4, -0.2) is 45.9 Å². The van der Waals surface area contributed by atoms with Crippen LogP contribution in [0.2, 0.25) is 10.0 Å². The number of amides is 2. The summed E-state index contributed by atoms with van der Waals surface area (Å²) in [5, 5.41) is 12.4. The Balaban J connectivity index is 1.63. The standard InChI is InChI=1S/C24H27Cl2N3O4S/c1-3-4-5-6-11-33-17-9-7-15(8-10-17)27-23(32)20-14-21(30)29(2)24(34-20)28-16-12-18(25)22(31)19(26)13-16/h7-10,12-13,20,31H,3-6,11,14H2,1-2H3,(H,27,32). The molecular formula is C24H27Cl2N3O4S. The predicted octanol–water partition coefficient (Wildman–Crippen LogP) is 6.25. The normalized spacial score (nSPS) is 17.2. The molecule has 1 fully saturated rings. The van der Waals surface area contributed by atoms with Gasteiger partial charge in [-0.3, -0.25) is 14.5 Å². The molecule has 3 rings (SSSR count). The van der Waals surface area contributed by atoms with Crippen LogP contribution >= 0.6 is 35.0 Å². The van der Waals surface area contributed by atoms with E-state index in [4.69, 9.17) is 27.9 Å². The highest BCUT2D eigenvalue weighted by Crippen LogP contribution is 2.37. The van der Waals surface area contributed by atoms with Crippen molar-refractivity contribution in [2.24, 2.45) is 4.99 Å². The van der Waals surface area contributed by atoms with Crippen LogP contribution in [0.3, 0.4) is 0 Å². The Morgan fingerprint density at radius 1 is 1.21 bits per heavy atom. The van der Waals surface area contributed by atoms with Gasteiger partial charge in [0.25, 0.3) is 0 Å². The highest BCUT2D eigenvalue weighted by atomic mass is 35.5. The molecule has 10 heteroatoms. The van der Waals surface area contributed by atoms with Crippen molar-refractivity contribution in [3.8, 4) is 11.5 Å². The van der Waals surface area contributed by atoms with Gasteiger partial charge in [0.2, 0.25) is 11.8 Å². The minimum Gasteiger partial charge on any atom is -0.505 e. The molecule has 1 unspecified atom stereocenters. The number of halogens is 2. The maximum atomic E-state index is 12.9. The van der Waals surface area contributed by atoms with Gasteiger partial charge in [-0.2, -0.15) is 0 Å². The fourth-order valence-corrected chi connectivity index (χ4v) is 4.74. The number of nitrogens with zero attached hydrogens (tertiary/aromatic N) is 2. The zero-order valence-electron chi connectivity index (χ0n) is 19.0. The molecule has 0 aliphatic carbocycles. The minimum absolute atomic E-state index is 0.0437. The zero-order chi connectivity index (χ0) is 24.7. The highest BCUT2D eigenvalue weighted by molar-refractivity contribution is 8.15. The van der Waals surface area contributed by atoms with E-state index < -0.39 is 5.25 Å². The molecule has 0 spiro atoms. The second-order valence-electron chi connectivity index (χ2n) is 7.84. The van der Waals surface area contributed by atoms with E-state index in [-0.39, 0.29) is 34.0 Å². The van der Waals surface area contributed by atoms with Crippen molar-refractivity contribution in [1.29, 1.82) is 0 Å². The van der Waals surface area contributed by atoms with Crippen molar-refractivity contribution in [3.63, 3.8) is 0 Å². The number of ether oxygens (including phenoxy) is 1. The number of aromatic hydroxyl groups is 1. The summed E-state index contributed by atoms with van der Waals surface area (Å²) in [4.78, 5) is 31.2. The van der Waals surface area contributed by atoms with E-state index in [0.29, 0.717) is 23.1 Å². The predicted molar refractivity (Wildman–Crippen MR) is 139 cm³/mol. The molecule has 2 N–H and O–H groups in total. The maximum absolute atomic E-state index is 12.9. The molecule has 0 aromatic heterocycles. The van der Waals surface area contributed by atoms with Crippen molar-refractivity contribution in [1.82, 2.24) is 4.90 Å². The average Bonchev–Trinajstić information content (AvgIpc) is 2.81. The lowest BCUT2D eigenvalue weighted by Gasteiger charge is -2.28. The quantitative estimate of drug-likeness (QED) is 0.379. The SMILES string of the molecule is CCCCCCOc1ccc(NC(=O)C2CC(=O)N(C)C(=Nc3cc(Cl)c(O)c(Cl)c3)S2)cc1. The third-order valence-corrected chi connectivity index (χ3v) is 6.99. The first-order valence-corrected chi connectivity index (χ1v) is 12.7. The summed E-state index contributed by atoms with van der Waals surface area (Å²) in [6, 6.07) is 10.0. The van der Waals surface area contributed by atoms with Gasteiger partial charge in [0, 0.05) is 19.2 Å². The number of amidine groups is 1. The van der Waals surface area contributed by atoms with Crippen LogP contribution in [0.5, 0.6) is 11.5 Å². The van der Waals surface area contributed by atoms with Crippen LogP contribution in [-0.2, 0) is 9.59 Å². The number of anilines is 1. The van der Waals surface area contributed by atoms with Gasteiger partial charge >= 0.3 is 0 Å². The number of carbonyl (C=O) groups is 2. The van der Waals surface area contributed by atoms with Crippen molar-refractivity contribution < 1.29 is 19.4 Å². The molecule has 182 valence electrons. The molecule has 0 saturated carbocycles. The van der Waals surface area contributed by atoms with E-state index in [1.165, 1.54) is 41.6 Å². The van der Waals surface area contributed by atoms with Crippen LogP contribution in [0, 0.1) is 0 Å². The molecule has 2 aromatic rings. The summed E-state index contributed by atoms with van der Waals surface area (Å²) in [6.45, 7) is 2.84. The number of carbonyl (C=O) groups excluding carboxylic acids is 2. The topological polar surface area (TPSA) is 91.2 Å². The highest BCUT2D eigenvalue weighted by Gasteiger charge is 2.34. The minimum atomic E-state index is -0.653. The molecule has 1 aliphatic rings. The van der Waals surface area contributed by atoms with E-state index in [9.17, 15) is 14.7 Å². The van der Waals surface area contributed by atoms with E-state index in [2.05, 4.69) is 17.2 Å². The van der Waals surface area contributed by atoms with Gasteiger partial charge in [0.15, 0.2) is 10.9 Å². The lowest BCUT2D eigenvalue weighted by Crippen LogP contribution is -2.43. The summed E-state index contributed by atoms with van der Waals surface area (Å²) < 4.78 is 5.73. The molecule has 1 saturated heterocycles. The fourth-order valence-electron chi connectivity index (χ4n) is 3.20. The van der Waals surface area contributed by atoms with Crippen LogP contribution in [0.1, 0.15) is 39.0 Å². The Labute approximate surface area is 213 Å². The lowest BCUT2D eigenvalue weighted by atomic mass is 10.2. The van der Waals surface area contributed by atoms with Gasteiger partial charge in [0.1, 0.15) is 11.0 Å². The van der Waals surface area contributed by atoms with Crippen LogP contribution in [0.4, 0.5) is 11.4 Å². The zero-order valence-corrected chi connectivity index (χ0v) is 21.3. The first-order chi connectivity index (χ1) is 16.3. The van der Waals surface area contributed by atoms with Gasteiger partial charge in [-0.15, -0.1) is 0 Å². The first kappa shape index (κ1) is 26.2. The first-order valence-electron chi connectivity index (χ1n) is 11.0. The van der Waals surface area contributed by atoms with Crippen LogP contribution in [0.15, 0.2) is 41.4 Å². The molecule has 2 aromatic carbocycles. The van der Waals surface area contributed by atoms with Gasteiger partial charge in [-0.1, -0.05) is 61.1 Å². The molecule has 0 radical (unpaired) electrons. The Kier molecular flexibility index (Phi) is 9.50. The number of phenolic OH excluding ortho intramolecular Hbond substituents is 1. The second kappa shape index (κ2) is 12.3. The molecule has 7 nitrogen and oxygen atoms in total. The van der Waals surface area contributed by atoms with Crippen LogP contribution < -0.4 is 10.1 Å². The van der Waals surface area contributed by atoms with E-state index >= 15 is 0 Å². The van der Waals surface area contributed by atoms with Crippen molar-refractivity contribution in [3.05, 3.63) is 46.4 Å². The van der Waals surface area contributed by atoms with Crippen molar-refractivity contribution >= 4 is 63.3 Å². The summed E-state index contributed by atoms with van der Waals surface area (Å²) in [5.41, 5.74) is 0.979. The number of nitrogens with one attached hydrogen (secondary N) is 1. The number of aliphatic imine (C=N–C) groups is 1. The molecule has 1 heterocycles. The molecule has 0 bridgehead atoms. The van der Waals surface area contributed by atoms with E-state index in [1.54, 1.807) is 19.2 Å². The average molecular weight is 524 g/mol. The Bertz CT molecular complexity index is 1040. The smallest absolute Gasteiger partial charge is 0.238 e. The third kappa shape index (κ3) is 7.04.